The number of carbonyl (C=O) groups excluding carboxylic acids is 2. The second-order valence-electron chi connectivity index (χ2n) is 6.48. The highest BCUT2D eigenvalue weighted by Crippen LogP contribution is 2.27. The lowest BCUT2D eigenvalue weighted by Crippen LogP contribution is -2.31. The fraction of sp³-hybridized carbons (Fsp3) is 0.391. The van der Waals surface area contributed by atoms with Gasteiger partial charge < -0.3 is 19.7 Å². The Morgan fingerprint density at radius 2 is 1.48 bits per heavy atom. The molecule has 1 N–H and O–H groups in total. The largest absolute Gasteiger partial charge is 0.487 e. The molecule has 0 aromatic heterocycles. The summed E-state index contributed by atoms with van der Waals surface area (Å²) in [4.78, 5) is 24.6. The van der Waals surface area contributed by atoms with E-state index in [0.29, 0.717) is 17.9 Å². The molecule has 0 aliphatic carbocycles. The summed E-state index contributed by atoms with van der Waals surface area (Å²) in [5.74, 6) is 1.20. The fourth-order valence-electron chi connectivity index (χ4n) is 2.50. The minimum atomic E-state index is -0.505. The van der Waals surface area contributed by atoms with Crippen molar-refractivity contribution in [2.45, 2.75) is 40.2 Å². The van der Waals surface area contributed by atoms with Gasteiger partial charge in [-0.2, -0.15) is 0 Å². The van der Waals surface area contributed by atoms with Crippen LogP contribution in [0, 0.1) is 0 Å². The number of nitrogens with zero attached hydrogens (tertiary/aromatic N) is 1. The number of benzene rings is 2. The SMILES string of the molecule is CCN(CC)C(=O)Cc1ccccc1.CNC(=O)Oc1ccccc1OC(C)C. The molecule has 0 unspecified atom stereocenters. The van der Waals surface area contributed by atoms with E-state index in [0.717, 1.165) is 18.7 Å². The average molecular weight is 401 g/mol. The maximum absolute atomic E-state index is 11.7. The predicted molar refractivity (Wildman–Crippen MR) is 115 cm³/mol. The smallest absolute Gasteiger partial charge is 0.412 e. The number of nitrogens with one attached hydrogen (secondary N) is 1. The number of likely N-dealkylation sites (N-methyl/N-ethyl adjacent to an activating group) is 1. The number of amides is 2. The van der Waals surface area contributed by atoms with Crippen molar-refractivity contribution in [1.29, 1.82) is 0 Å². The third-order valence-corrected chi connectivity index (χ3v) is 3.93. The standard InChI is InChI=1S/C12H17NO.C11H15NO3/c1-3-13(4-2)12(14)10-11-8-6-5-7-9-11;1-8(2)14-9-6-4-5-7-10(9)15-11(13)12-3/h5-9H,3-4,10H2,1-2H3;4-8H,1-3H3,(H,12,13). The van der Waals surface area contributed by atoms with Crippen LogP contribution in [0.3, 0.4) is 0 Å². The van der Waals surface area contributed by atoms with Crippen LogP contribution in [0.5, 0.6) is 11.5 Å². The molecule has 0 bridgehead atoms. The van der Waals surface area contributed by atoms with Crippen LogP contribution in [0.25, 0.3) is 0 Å². The summed E-state index contributed by atoms with van der Waals surface area (Å²) in [5.41, 5.74) is 1.09. The van der Waals surface area contributed by atoms with Crippen molar-refractivity contribution in [3.05, 3.63) is 60.2 Å². The number of carbonyl (C=O) groups is 2. The van der Waals surface area contributed by atoms with Crippen LogP contribution in [0.1, 0.15) is 33.3 Å². The van der Waals surface area contributed by atoms with Crippen molar-refractivity contribution in [2.24, 2.45) is 0 Å². The number of hydrogen-bond acceptors (Lipinski definition) is 4. The van der Waals surface area contributed by atoms with Gasteiger partial charge in [-0.25, -0.2) is 4.79 Å². The van der Waals surface area contributed by atoms with Gasteiger partial charge in [0.25, 0.3) is 0 Å². The Morgan fingerprint density at radius 3 is 2.00 bits per heavy atom. The zero-order valence-corrected chi connectivity index (χ0v) is 18.0. The summed E-state index contributed by atoms with van der Waals surface area (Å²) in [6.45, 7) is 9.43. The molecule has 0 fully saturated rings. The summed E-state index contributed by atoms with van der Waals surface area (Å²) in [7, 11) is 1.51. The molecular weight excluding hydrogens is 368 g/mol. The number of rotatable bonds is 7. The number of hydrogen-bond donors (Lipinski definition) is 1. The summed E-state index contributed by atoms with van der Waals surface area (Å²) in [5, 5.41) is 2.38. The van der Waals surface area contributed by atoms with Crippen LogP contribution >= 0.6 is 0 Å². The normalized spacial score (nSPS) is 9.86. The van der Waals surface area contributed by atoms with Crippen molar-refractivity contribution < 1.29 is 19.1 Å². The molecule has 2 amide bonds. The molecule has 6 nitrogen and oxygen atoms in total. The molecular formula is C23H32N2O4. The quantitative estimate of drug-likeness (QED) is 0.753. The van der Waals surface area contributed by atoms with Crippen LogP contribution in [0.15, 0.2) is 54.6 Å². The third-order valence-electron chi connectivity index (χ3n) is 3.93. The zero-order chi connectivity index (χ0) is 21.6. The highest BCUT2D eigenvalue weighted by atomic mass is 16.6. The van der Waals surface area contributed by atoms with Gasteiger partial charge in [0.05, 0.1) is 12.5 Å². The minimum absolute atomic E-state index is 0.0411. The highest BCUT2D eigenvalue weighted by Gasteiger charge is 2.10. The van der Waals surface area contributed by atoms with Gasteiger partial charge in [0, 0.05) is 20.1 Å². The highest BCUT2D eigenvalue weighted by molar-refractivity contribution is 5.78. The Balaban J connectivity index is 0.000000291. The molecule has 0 atom stereocenters. The molecule has 6 heteroatoms. The summed E-state index contributed by atoms with van der Waals surface area (Å²) < 4.78 is 10.5. The molecule has 0 aliphatic rings. The van der Waals surface area contributed by atoms with E-state index in [1.165, 1.54) is 7.05 Å². The second-order valence-corrected chi connectivity index (χ2v) is 6.48. The third kappa shape index (κ3) is 9.14. The Hall–Kier alpha value is -3.02. The lowest BCUT2D eigenvalue weighted by atomic mass is 10.1. The predicted octanol–water partition coefficient (Wildman–Crippen LogP) is 4.29. The molecule has 2 aromatic carbocycles. The lowest BCUT2D eigenvalue weighted by molar-refractivity contribution is -0.130. The van der Waals surface area contributed by atoms with E-state index in [-0.39, 0.29) is 12.0 Å². The maximum atomic E-state index is 11.7. The minimum Gasteiger partial charge on any atom is -0.487 e. The lowest BCUT2D eigenvalue weighted by Gasteiger charge is -2.18. The van der Waals surface area contributed by atoms with Crippen LogP contribution in [-0.2, 0) is 11.2 Å². The van der Waals surface area contributed by atoms with Gasteiger partial charge in [-0.05, 0) is 45.4 Å². The van der Waals surface area contributed by atoms with Crippen molar-refractivity contribution in [1.82, 2.24) is 10.2 Å². The first-order valence-corrected chi connectivity index (χ1v) is 9.88. The average Bonchev–Trinajstić information content (AvgIpc) is 2.71. The van der Waals surface area contributed by atoms with Gasteiger partial charge in [-0.15, -0.1) is 0 Å². The van der Waals surface area contributed by atoms with Gasteiger partial charge in [0.1, 0.15) is 0 Å². The molecule has 2 aromatic rings. The first kappa shape index (κ1) is 24.0. The van der Waals surface area contributed by atoms with Gasteiger partial charge >= 0.3 is 6.09 Å². The Bertz CT molecular complexity index is 744. The maximum Gasteiger partial charge on any atom is 0.412 e. The van der Waals surface area contributed by atoms with E-state index in [2.05, 4.69) is 5.32 Å². The van der Waals surface area contributed by atoms with E-state index in [4.69, 9.17) is 9.47 Å². The van der Waals surface area contributed by atoms with E-state index in [1.807, 2.05) is 69.0 Å². The summed E-state index contributed by atoms with van der Waals surface area (Å²) >= 11 is 0. The molecule has 2 rings (SSSR count). The molecule has 158 valence electrons. The molecule has 0 spiro atoms. The van der Waals surface area contributed by atoms with Crippen LogP contribution in [0.4, 0.5) is 4.79 Å². The zero-order valence-electron chi connectivity index (χ0n) is 18.0. The Kier molecular flexibility index (Phi) is 10.9. The van der Waals surface area contributed by atoms with Crippen molar-refractivity contribution >= 4 is 12.0 Å². The molecule has 0 heterocycles. The molecule has 0 aliphatic heterocycles. The molecule has 29 heavy (non-hydrogen) atoms. The molecule has 0 saturated heterocycles. The van der Waals surface area contributed by atoms with Crippen LogP contribution < -0.4 is 14.8 Å². The molecule has 0 radical (unpaired) electrons. The van der Waals surface area contributed by atoms with Crippen molar-refractivity contribution in [2.75, 3.05) is 20.1 Å². The van der Waals surface area contributed by atoms with Gasteiger partial charge in [-0.3, -0.25) is 4.79 Å². The van der Waals surface area contributed by atoms with Crippen LogP contribution in [0.2, 0.25) is 0 Å². The van der Waals surface area contributed by atoms with Gasteiger partial charge in [0.15, 0.2) is 11.5 Å². The number of para-hydroxylation sites is 2. The van der Waals surface area contributed by atoms with E-state index in [9.17, 15) is 9.59 Å². The summed E-state index contributed by atoms with van der Waals surface area (Å²) in [6, 6.07) is 16.9. The van der Waals surface area contributed by atoms with E-state index in [1.54, 1.807) is 18.2 Å². The number of ether oxygens (including phenoxy) is 2. The first-order chi connectivity index (χ1) is 13.9. The topological polar surface area (TPSA) is 67.9 Å². The van der Waals surface area contributed by atoms with Crippen molar-refractivity contribution in [3.63, 3.8) is 0 Å². The van der Waals surface area contributed by atoms with E-state index >= 15 is 0 Å². The Morgan fingerprint density at radius 1 is 0.931 bits per heavy atom. The Labute approximate surface area is 173 Å². The van der Waals surface area contributed by atoms with Crippen molar-refractivity contribution in [3.8, 4) is 11.5 Å². The van der Waals surface area contributed by atoms with E-state index < -0.39 is 6.09 Å². The summed E-state index contributed by atoms with van der Waals surface area (Å²) in [6.07, 6.45) is 0.0527. The van der Waals surface area contributed by atoms with Crippen LogP contribution in [-0.4, -0.2) is 43.1 Å². The van der Waals surface area contributed by atoms with Gasteiger partial charge in [0.2, 0.25) is 5.91 Å². The molecule has 0 saturated carbocycles. The second kappa shape index (κ2) is 13.2. The first-order valence-electron chi connectivity index (χ1n) is 9.88. The monoisotopic (exact) mass is 400 g/mol. The fourth-order valence-corrected chi connectivity index (χ4v) is 2.50. The van der Waals surface area contributed by atoms with Gasteiger partial charge in [-0.1, -0.05) is 42.5 Å².